The number of hydrogen-bond acceptors (Lipinski definition) is 34. The minimum atomic E-state index is -3.58. The van der Waals surface area contributed by atoms with Crippen LogP contribution in [0.25, 0.3) is 113 Å². The number of nitrogen functional groups attached to an aromatic ring is 4. The summed E-state index contributed by atoms with van der Waals surface area (Å²) < 4.78 is 100.0. The van der Waals surface area contributed by atoms with Gasteiger partial charge in [0.1, 0.15) is 64.4 Å². The van der Waals surface area contributed by atoms with Crippen molar-refractivity contribution in [2.45, 2.75) is 35.3 Å². The molecule has 12 aromatic heterocycles. The molecule has 1 fully saturated rings. The van der Waals surface area contributed by atoms with Gasteiger partial charge in [0.05, 0.1) is 69.4 Å². The topological polar surface area (TPSA) is 540 Å². The summed E-state index contributed by atoms with van der Waals surface area (Å²) in [6.45, 7) is 1.73. The number of carbonyl (C=O) groups is 1. The molecular weight excluding hydrogens is 1600 g/mol. The van der Waals surface area contributed by atoms with Gasteiger partial charge in [-0.1, -0.05) is 48.5 Å². The van der Waals surface area contributed by atoms with Crippen LogP contribution in [0.3, 0.4) is 0 Å². The number of phenolic OH excluding ortho intramolecular Hbond substituents is 1. The van der Waals surface area contributed by atoms with Gasteiger partial charge in [-0.2, -0.15) is 0 Å². The Morgan fingerprint density at radius 1 is 0.488 bits per heavy atom. The van der Waals surface area contributed by atoms with Crippen LogP contribution >= 0.6 is 0 Å². The van der Waals surface area contributed by atoms with Gasteiger partial charge in [-0.25, -0.2) is 64.8 Å². The highest BCUT2D eigenvalue weighted by molar-refractivity contribution is 7.90. The Labute approximate surface area is 683 Å². The Bertz CT molecular complexity index is 6930. The predicted molar refractivity (Wildman–Crippen MR) is 437 cm³/mol. The van der Waals surface area contributed by atoms with E-state index in [1.165, 1.54) is 31.4 Å². The van der Waals surface area contributed by atoms with Crippen molar-refractivity contribution in [3.8, 4) is 91.8 Å². The van der Waals surface area contributed by atoms with Crippen molar-refractivity contribution in [3.63, 3.8) is 0 Å². The summed E-state index contributed by atoms with van der Waals surface area (Å²) in [6, 6.07) is 51.4. The fourth-order valence-corrected chi connectivity index (χ4v) is 14.7. The molecule has 18 aromatic rings. The fraction of sp³-hybridized carbons (Fsp3) is 0.127. The molecule has 10 N–H and O–H groups in total. The number of methoxy groups -OCH3 is 1. The standard InChI is InChI=1S/C27H25N7O4.C22H19N7O4S.C16H14N6O4S.C14H10N6O2/c28-25-24(31-38-32-25)26-30-22-16-29-13-10-23(22)34(26)19-6-8-20(9-7-19)37-21-11-14-33(15-12-21)27(35)36-17-18-4-2-1-3-5-18;23-21-20(27-33-28-21)22-26-18-14-24-11-10-19(18)29(22)15-6-8-16(9-7-15)32-13-12-25-34(30,31)17-4-2-1-3-5-17;1-25-13-7-9(27(2,23)24)3-4-12(13)22-11-5-6-18-8-10(11)19-16(22)14-15(17)21-26-20-14;15-13-12(18-22-19-13)14-17-10-7-16-6-5-11(10)20(14)8-1-3-9(21)4-2-8/h1-10,13,16,21H,11-12,14-15,17H2,(H2,28,32);1-11,14,25H,12-13H2,(H2,23,28);3-8H,1-2H3,(H2,17,21);1-7,21H,(H2,15,19). The smallest absolute Gasteiger partial charge is 0.410 e. The normalized spacial score (nSPS) is 12.3. The lowest BCUT2D eigenvalue weighted by Crippen LogP contribution is -2.42. The predicted octanol–water partition coefficient (Wildman–Crippen LogP) is 9.87. The average Bonchev–Trinajstić information content (AvgIpc) is 1.61. The summed E-state index contributed by atoms with van der Waals surface area (Å²) in [5.74, 6) is 4.19. The number of sulfone groups is 1. The maximum atomic E-state index is 12.4. The Morgan fingerprint density at radius 2 is 0.893 bits per heavy atom. The van der Waals surface area contributed by atoms with Gasteiger partial charge in [0.25, 0.3) is 0 Å². The van der Waals surface area contributed by atoms with Gasteiger partial charge < -0.3 is 51.9 Å². The second-order valence-corrected chi connectivity index (χ2v) is 30.3. The molecule has 0 radical (unpaired) electrons. The number of hydrogen-bond donors (Lipinski definition) is 6. The first-order valence-corrected chi connectivity index (χ1v) is 40.0. The Balaban J connectivity index is 0.000000122. The number of aromatic hydroxyl groups is 1. The lowest BCUT2D eigenvalue weighted by molar-refractivity contribution is 0.0638. The highest BCUT2D eigenvalue weighted by atomic mass is 32.2. The number of amides is 1. The lowest BCUT2D eigenvalue weighted by atomic mass is 10.1. The number of nitrogens with zero attached hydrogens (tertiary/aromatic N) is 21. The summed E-state index contributed by atoms with van der Waals surface area (Å²) in [5.41, 5.74) is 34.5. The van der Waals surface area contributed by atoms with E-state index in [1.807, 2.05) is 98.6 Å². The van der Waals surface area contributed by atoms with Gasteiger partial charge >= 0.3 is 6.09 Å². The van der Waals surface area contributed by atoms with Crippen LogP contribution in [0.4, 0.5) is 28.1 Å². The number of anilines is 4. The molecule has 19 rings (SSSR count). The summed E-state index contributed by atoms with van der Waals surface area (Å²) >= 11 is 0. The Morgan fingerprint density at radius 3 is 1.31 bits per heavy atom. The number of nitrogens with two attached hydrogens (primary N) is 4. The van der Waals surface area contributed by atoms with E-state index in [-0.39, 0.29) is 76.5 Å². The minimum absolute atomic E-state index is 0.00994. The third-order valence-corrected chi connectivity index (χ3v) is 21.4. The first-order chi connectivity index (χ1) is 58.8. The third kappa shape index (κ3) is 17.0. The van der Waals surface area contributed by atoms with Crippen molar-refractivity contribution < 1.29 is 64.2 Å². The number of piperidine rings is 1. The Hall–Kier alpha value is -16.1. The second kappa shape index (κ2) is 34.4. The van der Waals surface area contributed by atoms with Gasteiger partial charge in [-0.3, -0.25) is 38.2 Å². The van der Waals surface area contributed by atoms with Gasteiger partial charge in [-0.05, 0) is 168 Å². The molecule has 6 aromatic carbocycles. The number of imidazole rings is 4. The van der Waals surface area contributed by atoms with Gasteiger partial charge in [0.2, 0.25) is 10.0 Å². The molecule has 1 aliphatic rings. The molecule has 40 nitrogen and oxygen atoms in total. The van der Waals surface area contributed by atoms with Crippen LogP contribution in [0.1, 0.15) is 18.4 Å². The molecule has 1 aliphatic heterocycles. The maximum absolute atomic E-state index is 12.4. The number of pyridine rings is 4. The summed E-state index contributed by atoms with van der Waals surface area (Å²) in [6.07, 6.45) is 15.5. The van der Waals surface area contributed by atoms with Crippen LogP contribution in [0, 0.1) is 0 Å². The zero-order valence-electron chi connectivity index (χ0n) is 63.7. The van der Waals surface area contributed by atoms with Crippen LogP contribution in [0.15, 0.2) is 254 Å². The van der Waals surface area contributed by atoms with Crippen molar-refractivity contribution in [1.82, 2.24) is 109 Å². The van der Waals surface area contributed by atoms with Crippen molar-refractivity contribution in [2.24, 2.45) is 0 Å². The number of fused-ring (bicyclic) bond motifs is 4. The van der Waals surface area contributed by atoms with Crippen LogP contribution < -0.4 is 41.9 Å². The zero-order chi connectivity index (χ0) is 83.7. The molecule has 610 valence electrons. The van der Waals surface area contributed by atoms with Gasteiger partial charge in [0, 0.05) is 86.6 Å². The molecule has 0 bridgehead atoms. The van der Waals surface area contributed by atoms with Crippen molar-refractivity contribution in [1.29, 1.82) is 0 Å². The molecule has 0 atom stereocenters. The number of rotatable bonds is 20. The molecule has 1 amide bonds. The second-order valence-electron chi connectivity index (χ2n) is 26.5. The van der Waals surface area contributed by atoms with E-state index in [1.54, 1.807) is 126 Å². The molecule has 13 heterocycles. The van der Waals surface area contributed by atoms with Crippen molar-refractivity contribution >= 4 is 93.4 Å². The van der Waals surface area contributed by atoms with E-state index in [0.717, 1.165) is 64.0 Å². The van der Waals surface area contributed by atoms with Gasteiger partial charge in [0.15, 0.2) is 79.2 Å². The van der Waals surface area contributed by atoms with Crippen LogP contribution in [0.5, 0.6) is 23.0 Å². The molecule has 0 unspecified atom stereocenters. The summed E-state index contributed by atoms with van der Waals surface area (Å²) in [4.78, 5) is 49.2. The highest BCUT2D eigenvalue weighted by Gasteiger charge is 2.29. The number of benzene rings is 6. The number of sulfonamides is 1. The van der Waals surface area contributed by atoms with Gasteiger partial charge in [-0.15, -0.1) is 0 Å². The number of carbonyl (C=O) groups excluding carboxylic acids is 1. The van der Waals surface area contributed by atoms with Crippen LogP contribution in [-0.2, 0) is 31.2 Å². The lowest BCUT2D eigenvalue weighted by Gasteiger charge is -2.31. The average molecular weight is 1670 g/mol. The van der Waals surface area contributed by atoms with E-state index >= 15 is 0 Å². The zero-order valence-corrected chi connectivity index (χ0v) is 65.3. The molecular formula is C79H68N26O14S2. The summed E-state index contributed by atoms with van der Waals surface area (Å²) in [5, 5.41) is 39.5. The third-order valence-electron chi connectivity index (χ3n) is 18.8. The minimum Gasteiger partial charge on any atom is -0.508 e. The van der Waals surface area contributed by atoms with Crippen LogP contribution in [0.2, 0.25) is 0 Å². The quantitative estimate of drug-likeness (QED) is 0.0386. The van der Waals surface area contributed by atoms with E-state index in [9.17, 15) is 26.7 Å². The largest absolute Gasteiger partial charge is 0.508 e. The Kier molecular flexibility index (Phi) is 22.4. The molecule has 42 heteroatoms. The number of aromatic nitrogens is 20. The van der Waals surface area contributed by atoms with E-state index in [4.69, 9.17) is 55.8 Å². The number of ether oxygens (including phenoxy) is 4. The fourth-order valence-electron chi connectivity index (χ4n) is 13.0. The first kappa shape index (κ1) is 78.8. The molecule has 0 aliphatic carbocycles. The molecule has 0 saturated carbocycles. The van der Waals surface area contributed by atoms with Crippen molar-refractivity contribution in [3.05, 3.63) is 231 Å². The summed E-state index contributed by atoms with van der Waals surface area (Å²) in [7, 11) is -5.52. The number of phenols is 1. The highest BCUT2D eigenvalue weighted by Crippen LogP contribution is 2.38. The maximum Gasteiger partial charge on any atom is 0.410 e. The number of likely N-dealkylation sites (tertiary alicyclic amines) is 1. The van der Waals surface area contributed by atoms with E-state index in [2.05, 4.69) is 90.5 Å². The van der Waals surface area contributed by atoms with Crippen LogP contribution in [-0.4, -0.2) is 178 Å². The first-order valence-electron chi connectivity index (χ1n) is 36.6. The molecule has 0 spiro atoms. The molecule has 121 heavy (non-hydrogen) atoms. The van der Waals surface area contributed by atoms with E-state index < -0.39 is 19.9 Å². The monoisotopic (exact) mass is 1670 g/mol. The SMILES string of the molecule is COc1cc(S(C)(=O)=O)ccc1-n1c(-c2nonc2N)nc2cnccc21.Nc1nonc1-c1nc2cnccc2n1-c1ccc(O)cc1.Nc1nonc1-c1nc2cnccc2n1-c1ccc(OC2CCN(C(=O)OCc3ccccc3)CC2)cc1.Nc1nonc1-c1nc2cnccc2n1-c1ccc(OCCNS(=O)(=O)c2ccccc2)cc1. The van der Waals surface area contributed by atoms with Crippen molar-refractivity contribution in [2.75, 3.05) is 62.5 Å². The van der Waals surface area contributed by atoms with E-state index in [0.29, 0.717) is 98.2 Å². The molecule has 1 saturated heterocycles. The number of nitrogens with one attached hydrogen (secondary N) is 1.